The molecule has 0 rings (SSSR count). The Labute approximate surface area is 56.0 Å². The highest BCUT2D eigenvalue weighted by molar-refractivity contribution is 14.1. The van der Waals surface area contributed by atoms with Gasteiger partial charge in [-0.1, -0.05) is 22.6 Å². The fraction of sp³-hybridized carbons (Fsp3) is 0.667. The van der Waals surface area contributed by atoms with Crippen LogP contribution >= 0.6 is 22.6 Å². The minimum Gasteiger partial charge on any atom is -0.480 e. The topological polar surface area (TPSA) is 63.3 Å². The van der Waals surface area contributed by atoms with E-state index in [-0.39, 0.29) is 6.54 Å². The predicted molar refractivity (Wildman–Crippen MR) is 36.6 cm³/mol. The van der Waals surface area contributed by atoms with Crippen LogP contribution in [0.1, 0.15) is 0 Å². The molecule has 0 aromatic carbocycles. The van der Waals surface area contributed by atoms with Gasteiger partial charge in [0.25, 0.3) is 0 Å². The quantitative estimate of drug-likeness (QED) is 0.483. The number of hydrogen-bond donors (Lipinski definition) is 2. The molecule has 0 spiro atoms. The van der Waals surface area contributed by atoms with Crippen molar-refractivity contribution in [2.24, 2.45) is 5.73 Å². The molecule has 0 aliphatic rings. The van der Waals surface area contributed by atoms with Crippen LogP contribution < -0.4 is 5.73 Å². The standard InChI is InChI=1S/C2H5NO2.CH3I/c3-1-2(4)5;1-2/h1,3H2,(H,4,5);1H3. The summed E-state index contributed by atoms with van der Waals surface area (Å²) >= 11 is 2.15. The summed E-state index contributed by atoms with van der Waals surface area (Å²) in [5, 5.41) is 7.60. The second kappa shape index (κ2) is 9.48. The Morgan fingerprint density at radius 3 is 2.00 bits per heavy atom. The Balaban J connectivity index is 0. The predicted octanol–water partition coefficient (Wildman–Crippen LogP) is 0.0809. The summed E-state index contributed by atoms with van der Waals surface area (Å²) in [6, 6.07) is 0. The first-order valence-corrected chi connectivity index (χ1v) is 3.72. The van der Waals surface area contributed by atoms with Crippen molar-refractivity contribution in [1.29, 1.82) is 0 Å². The smallest absolute Gasteiger partial charge is 0.317 e. The van der Waals surface area contributed by atoms with Crippen LogP contribution in [0.25, 0.3) is 0 Å². The molecular weight excluding hydrogens is 209 g/mol. The number of carboxylic acid groups (broad SMARTS) is 1. The van der Waals surface area contributed by atoms with Gasteiger partial charge >= 0.3 is 5.97 Å². The third-order valence-electron chi connectivity index (χ3n) is 0.175. The maximum Gasteiger partial charge on any atom is 0.317 e. The molecule has 0 radical (unpaired) electrons. The van der Waals surface area contributed by atoms with Crippen LogP contribution in [0.15, 0.2) is 0 Å². The van der Waals surface area contributed by atoms with Gasteiger partial charge in [-0.15, -0.1) is 0 Å². The highest BCUT2D eigenvalue weighted by Crippen LogP contribution is 1.48. The van der Waals surface area contributed by atoms with Crippen molar-refractivity contribution in [1.82, 2.24) is 0 Å². The molecule has 0 heterocycles. The first-order chi connectivity index (χ1) is 3.27. The minimum atomic E-state index is -0.968. The van der Waals surface area contributed by atoms with Crippen LogP contribution in [0, 0.1) is 0 Å². The van der Waals surface area contributed by atoms with Gasteiger partial charge in [-0.2, -0.15) is 0 Å². The summed E-state index contributed by atoms with van der Waals surface area (Å²) in [5.41, 5.74) is 4.57. The zero-order chi connectivity index (χ0) is 6.28. The maximum atomic E-state index is 9.24. The summed E-state index contributed by atoms with van der Waals surface area (Å²) in [6.07, 6.45) is 0. The molecule has 0 aliphatic heterocycles. The molecule has 0 aromatic heterocycles. The minimum absolute atomic E-state index is 0.278. The van der Waals surface area contributed by atoms with Gasteiger partial charge in [-0.25, -0.2) is 0 Å². The van der Waals surface area contributed by atoms with Crippen LogP contribution in [-0.4, -0.2) is 22.6 Å². The van der Waals surface area contributed by atoms with Crippen molar-refractivity contribution >= 4 is 28.6 Å². The van der Waals surface area contributed by atoms with Crippen LogP contribution in [0.2, 0.25) is 0 Å². The molecule has 0 bridgehead atoms. The molecule has 0 saturated heterocycles. The van der Waals surface area contributed by atoms with E-state index < -0.39 is 5.97 Å². The van der Waals surface area contributed by atoms with E-state index in [0.717, 1.165) is 0 Å². The van der Waals surface area contributed by atoms with E-state index in [0.29, 0.717) is 0 Å². The van der Waals surface area contributed by atoms with Crippen molar-refractivity contribution in [2.75, 3.05) is 11.5 Å². The summed E-state index contributed by atoms with van der Waals surface area (Å²) in [7, 11) is 0. The Morgan fingerprint density at radius 2 is 2.00 bits per heavy atom. The van der Waals surface area contributed by atoms with E-state index >= 15 is 0 Å². The zero-order valence-corrected chi connectivity index (χ0v) is 6.18. The van der Waals surface area contributed by atoms with E-state index in [1.165, 1.54) is 0 Å². The van der Waals surface area contributed by atoms with E-state index in [1.54, 1.807) is 0 Å². The number of rotatable bonds is 1. The average molecular weight is 217 g/mol. The molecule has 0 fully saturated rings. The van der Waals surface area contributed by atoms with E-state index in [9.17, 15) is 4.79 Å². The fourth-order valence-electron chi connectivity index (χ4n) is 0. The number of aliphatic carboxylic acids is 1. The van der Waals surface area contributed by atoms with Gasteiger partial charge in [0.2, 0.25) is 0 Å². The van der Waals surface area contributed by atoms with E-state index in [4.69, 9.17) is 5.11 Å². The molecule has 44 valence electrons. The van der Waals surface area contributed by atoms with Gasteiger partial charge in [0.15, 0.2) is 0 Å². The summed E-state index contributed by atoms with van der Waals surface area (Å²) in [6.45, 7) is -0.278. The molecule has 7 heavy (non-hydrogen) atoms. The van der Waals surface area contributed by atoms with Crippen LogP contribution in [-0.2, 0) is 4.79 Å². The molecule has 0 saturated carbocycles. The highest BCUT2D eigenvalue weighted by atomic mass is 127. The summed E-state index contributed by atoms with van der Waals surface area (Å²) in [4.78, 5) is 11.2. The Bertz CT molecular complexity index is 48.2. The molecule has 0 aliphatic carbocycles. The number of carboxylic acids is 1. The molecule has 0 atom stereocenters. The lowest BCUT2D eigenvalue weighted by molar-refractivity contribution is -0.135. The zero-order valence-electron chi connectivity index (χ0n) is 4.02. The number of carbonyl (C=O) groups is 1. The van der Waals surface area contributed by atoms with Crippen LogP contribution in [0.4, 0.5) is 0 Å². The summed E-state index contributed by atoms with van der Waals surface area (Å²) < 4.78 is 0. The number of alkyl halides is 1. The average Bonchev–Trinajstić information content (AvgIpc) is 1.73. The van der Waals surface area contributed by atoms with Gasteiger partial charge in [0.05, 0.1) is 6.54 Å². The molecule has 4 heteroatoms. The Kier molecular flexibility index (Phi) is 13.8. The molecule has 0 aromatic rings. The van der Waals surface area contributed by atoms with Crippen molar-refractivity contribution in [3.63, 3.8) is 0 Å². The third kappa shape index (κ3) is 22.8. The lowest BCUT2D eigenvalue weighted by Gasteiger charge is -1.73. The molecule has 3 N–H and O–H groups in total. The van der Waals surface area contributed by atoms with Gasteiger partial charge in [0.1, 0.15) is 0 Å². The van der Waals surface area contributed by atoms with Crippen LogP contribution in [0.5, 0.6) is 0 Å². The van der Waals surface area contributed by atoms with Crippen molar-refractivity contribution < 1.29 is 9.90 Å². The van der Waals surface area contributed by atoms with Gasteiger partial charge in [-0.3, -0.25) is 4.79 Å². The molecular formula is C3H8INO2. The third-order valence-corrected chi connectivity index (χ3v) is 0.175. The normalized spacial score (nSPS) is 6.14. The van der Waals surface area contributed by atoms with Gasteiger partial charge < -0.3 is 10.8 Å². The highest BCUT2D eigenvalue weighted by Gasteiger charge is 1.81. The molecule has 0 amide bonds. The second-order valence-electron chi connectivity index (χ2n) is 0.598. The van der Waals surface area contributed by atoms with Crippen LogP contribution in [0.3, 0.4) is 0 Å². The first-order valence-electron chi connectivity index (χ1n) is 1.57. The SMILES string of the molecule is CI.NCC(=O)O. The van der Waals surface area contributed by atoms with Gasteiger partial charge in [0, 0.05) is 0 Å². The number of hydrogen-bond acceptors (Lipinski definition) is 2. The fourth-order valence-corrected chi connectivity index (χ4v) is 0. The largest absolute Gasteiger partial charge is 0.480 e. The monoisotopic (exact) mass is 217 g/mol. The van der Waals surface area contributed by atoms with Crippen molar-refractivity contribution in [3.05, 3.63) is 0 Å². The number of halogens is 1. The van der Waals surface area contributed by atoms with Gasteiger partial charge in [-0.05, 0) is 4.93 Å². The van der Waals surface area contributed by atoms with Crippen molar-refractivity contribution in [2.45, 2.75) is 0 Å². The maximum absolute atomic E-state index is 9.24. The lowest BCUT2D eigenvalue weighted by atomic mass is 10.7. The summed E-state index contributed by atoms with van der Waals surface area (Å²) in [5.74, 6) is -0.968. The van der Waals surface area contributed by atoms with Crippen molar-refractivity contribution in [3.8, 4) is 0 Å². The molecule has 3 nitrogen and oxygen atoms in total. The number of nitrogens with two attached hydrogens (primary N) is 1. The molecule has 0 unspecified atom stereocenters. The van der Waals surface area contributed by atoms with E-state index in [2.05, 4.69) is 28.3 Å². The second-order valence-corrected chi connectivity index (χ2v) is 0.598. The Hall–Kier alpha value is 0.160. The lowest BCUT2D eigenvalue weighted by Crippen LogP contribution is -2.10. The first kappa shape index (κ1) is 10.2. The Morgan fingerprint density at radius 1 is 1.86 bits per heavy atom. The van der Waals surface area contributed by atoms with E-state index in [1.807, 2.05) is 4.93 Å².